The van der Waals surface area contributed by atoms with E-state index in [2.05, 4.69) is 10.5 Å². The summed E-state index contributed by atoms with van der Waals surface area (Å²) < 4.78 is 2.02. The highest BCUT2D eigenvalue weighted by molar-refractivity contribution is 7.80. The van der Waals surface area contributed by atoms with Gasteiger partial charge in [-0.25, -0.2) is 0 Å². The van der Waals surface area contributed by atoms with E-state index >= 15 is 0 Å². The third-order valence-corrected chi connectivity index (χ3v) is 3.64. The molecule has 7 heteroatoms. The largest absolute Gasteiger partial charge is 0.375 e. The van der Waals surface area contributed by atoms with Gasteiger partial charge in [-0.2, -0.15) is 5.10 Å². The van der Waals surface area contributed by atoms with E-state index in [1.807, 2.05) is 30.5 Å². The predicted octanol–water partition coefficient (Wildman–Crippen LogP) is 3.57. The van der Waals surface area contributed by atoms with Gasteiger partial charge in [0.25, 0.3) is 0 Å². The number of aromatic nitrogens is 1. The van der Waals surface area contributed by atoms with Crippen LogP contribution < -0.4 is 11.2 Å². The molecule has 0 fully saturated rings. The van der Waals surface area contributed by atoms with Gasteiger partial charge in [0.15, 0.2) is 5.11 Å². The summed E-state index contributed by atoms with van der Waals surface area (Å²) in [5.74, 6) is 0. The fourth-order valence-electron chi connectivity index (χ4n) is 2.11. The molecule has 0 saturated heterocycles. The van der Waals surface area contributed by atoms with Crippen molar-refractivity contribution in [2.24, 2.45) is 10.8 Å². The summed E-state index contributed by atoms with van der Waals surface area (Å²) in [6.07, 6.45) is 1.66. The number of nitrogens with zero attached hydrogens (tertiary/aromatic N) is 2. The third-order valence-electron chi connectivity index (χ3n) is 3.00. The summed E-state index contributed by atoms with van der Waals surface area (Å²) in [6.45, 7) is 3.97. The minimum atomic E-state index is 0.123. The summed E-state index contributed by atoms with van der Waals surface area (Å²) >= 11 is 17.0. The maximum absolute atomic E-state index is 6.27. The maximum Gasteiger partial charge on any atom is 0.184 e. The zero-order chi connectivity index (χ0) is 15.6. The lowest BCUT2D eigenvalue weighted by Gasteiger charge is -2.12. The van der Waals surface area contributed by atoms with Gasteiger partial charge in [-0.3, -0.25) is 5.43 Å². The highest BCUT2D eigenvalue weighted by Gasteiger charge is 2.12. The smallest absolute Gasteiger partial charge is 0.184 e. The molecular formula is C14H14Cl2N4S. The molecule has 0 aliphatic heterocycles. The number of hydrogen-bond donors (Lipinski definition) is 2. The standard InChI is InChI=1S/C14H14Cl2N4S/c1-8-5-10(7-18-19-14(17)21)9(2)20(8)13-6-11(15)3-4-12(13)16/h3-7H,1-2H3,(H3,17,19,21)/b18-7-. The molecule has 0 aliphatic rings. The molecule has 0 atom stereocenters. The molecule has 4 nitrogen and oxygen atoms in total. The first-order valence-electron chi connectivity index (χ1n) is 6.13. The number of thiocarbonyl (C=S) groups is 1. The number of halogens is 2. The molecule has 0 saturated carbocycles. The van der Waals surface area contributed by atoms with Crippen LogP contribution in [0.2, 0.25) is 10.0 Å². The Morgan fingerprint density at radius 1 is 1.33 bits per heavy atom. The Bertz CT molecular complexity index is 722. The van der Waals surface area contributed by atoms with Crippen LogP contribution in [0.4, 0.5) is 0 Å². The zero-order valence-corrected chi connectivity index (χ0v) is 13.9. The Morgan fingerprint density at radius 3 is 2.71 bits per heavy atom. The van der Waals surface area contributed by atoms with Crippen LogP contribution in [-0.2, 0) is 0 Å². The molecular weight excluding hydrogens is 327 g/mol. The lowest BCUT2D eigenvalue weighted by atomic mass is 10.2. The van der Waals surface area contributed by atoms with Crippen molar-refractivity contribution in [1.29, 1.82) is 0 Å². The average Bonchev–Trinajstić information content (AvgIpc) is 2.67. The van der Waals surface area contributed by atoms with Crippen LogP contribution in [0.1, 0.15) is 17.0 Å². The number of hydrazone groups is 1. The lowest BCUT2D eigenvalue weighted by molar-refractivity contribution is 0.964. The van der Waals surface area contributed by atoms with Crippen LogP contribution in [0.5, 0.6) is 0 Å². The van der Waals surface area contributed by atoms with Crippen molar-refractivity contribution in [2.45, 2.75) is 13.8 Å². The van der Waals surface area contributed by atoms with Crippen LogP contribution in [0, 0.1) is 13.8 Å². The fourth-order valence-corrected chi connectivity index (χ4v) is 2.53. The molecule has 0 bridgehead atoms. The van der Waals surface area contributed by atoms with Crippen LogP contribution in [-0.4, -0.2) is 15.9 Å². The molecule has 3 N–H and O–H groups in total. The maximum atomic E-state index is 6.27. The van der Waals surface area contributed by atoms with E-state index in [0.717, 1.165) is 22.6 Å². The van der Waals surface area contributed by atoms with Gasteiger partial charge in [0.1, 0.15) is 0 Å². The van der Waals surface area contributed by atoms with E-state index in [0.29, 0.717) is 10.0 Å². The zero-order valence-electron chi connectivity index (χ0n) is 11.5. The van der Waals surface area contributed by atoms with E-state index in [1.54, 1.807) is 18.3 Å². The van der Waals surface area contributed by atoms with E-state index in [9.17, 15) is 0 Å². The van der Waals surface area contributed by atoms with Crippen molar-refractivity contribution in [1.82, 2.24) is 9.99 Å². The quantitative estimate of drug-likeness (QED) is 0.510. The Balaban J connectivity index is 2.46. The van der Waals surface area contributed by atoms with E-state index < -0.39 is 0 Å². The lowest BCUT2D eigenvalue weighted by Crippen LogP contribution is -2.24. The topological polar surface area (TPSA) is 55.3 Å². The first kappa shape index (κ1) is 15.8. The molecule has 1 heterocycles. The molecule has 2 aromatic rings. The number of rotatable bonds is 3. The second-order valence-corrected chi connectivity index (χ2v) is 5.78. The summed E-state index contributed by atoms with van der Waals surface area (Å²) in [5.41, 5.74) is 11.6. The number of hydrogen-bond acceptors (Lipinski definition) is 2. The monoisotopic (exact) mass is 340 g/mol. The van der Waals surface area contributed by atoms with Gasteiger partial charge in [-0.05, 0) is 50.3 Å². The van der Waals surface area contributed by atoms with Crippen LogP contribution in [0.25, 0.3) is 5.69 Å². The normalized spacial score (nSPS) is 11.0. The van der Waals surface area contributed by atoms with Crippen molar-refractivity contribution in [3.8, 4) is 5.69 Å². The Kier molecular flexibility index (Phi) is 4.88. The van der Waals surface area contributed by atoms with Crippen molar-refractivity contribution < 1.29 is 0 Å². The van der Waals surface area contributed by atoms with Gasteiger partial charge >= 0.3 is 0 Å². The number of aryl methyl sites for hydroxylation is 1. The Morgan fingerprint density at radius 2 is 2.05 bits per heavy atom. The van der Waals surface area contributed by atoms with Gasteiger partial charge < -0.3 is 10.3 Å². The predicted molar refractivity (Wildman–Crippen MR) is 92.8 cm³/mol. The summed E-state index contributed by atoms with van der Waals surface area (Å²) in [4.78, 5) is 0. The van der Waals surface area contributed by atoms with Crippen LogP contribution >= 0.6 is 35.4 Å². The van der Waals surface area contributed by atoms with Crippen molar-refractivity contribution in [3.05, 3.63) is 51.3 Å². The summed E-state index contributed by atoms with van der Waals surface area (Å²) in [7, 11) is 0. The van der Waals surface area contributed by atoms with E-state index in [-0.39, 0.29) is 5.11 Å². The molecule has 2 rings (SSSR count). The first-order valence-corrected chi connectivity index (χ1v) is 7.29. The molecule has 21 heavy (non-hydrogen) atoms. The molecule has 0 aliphatic carbocycles. The SMILES string of the molecule is Cc1cc(/C=N\NC(N)=S)c(C)n1-c1cc(Cl)ccc1Cl. The summed E-state index contributed by atoms with van der Waals surface area (Å²) in [5, 5.41) is 5.36. The Hall–Kier alpha value is -1.56. The van der Waals surface area contributed by atoms with Gasteiger partial charge in [-0.15, -0.1) is 0 Å². The van der Waals surface area contributed by atoms with Gasteiger partial charge in [0, 0.05) is 22.0 Å². The van der Waals surface area contributed by atoms with Gasteiger partial charge in [0.05, 0.1) is 16.9 Å². The van der Waals surface area contributed by atoms with Crippen LogP contribution in [0.15, 0.2) is 29.4 Å². The average molecular weight is 341 g/mol. The highest BCUT2D eigenvalue weighted by atomic mass is 35.5. The van der Waals surface area contributed by atoms with Gasteiger partial charge in [0.2, 0.25) is 0 Å². The highest BCUT2D eigenvalue weighted by Crippen LogP contribution is 2.28. The van der Waals surface area contributed by atoms with E-state index in [1.165, 1.54) is 0 Å². The summed E-state index contributed by atoms with van der Waals surface area (Å²) in [6, 6.07) is 7.37. The third kappa shape index (κ3) is 3.56. The van der Waals surface area contributed by atoms with Gasteiger partial charge in [-0.1, -0.05) is 23.2 Å². The second kappa shape index (κ2) is 6.47. The van der Waals surface area contributed by atoms with E-state index in [4.69, 9.17) is 41.2 Å². The number of nitrogens with one attached hydrogen (secondary N) is 1. The molecule has 1 aromatic carbocycles. The second-order valence-electron chi connectivity index (χ2n) is 4.49. The molecule has 0 spiro atoms. The first-order chi connectivity index (χ1) is 9.90. The number of benzene rings is 1. The Labute approximate surface area is 138 Å². The molecule has 0 amide bonds. The molecule has 110 valence electrons. The number of nitrogens with two attached hydrogens (primary N) is 1. The molecule has 0 radical (unpaired) electrons. The minimum Gasteiger partial charge on any atom is -0.375 e. The fraction of sp³-hybridized carbons (Fsp3) is 0.143. The molecule has 0 unspecified atom stereocenters. The van der Waals surface area contributed by atoms with Crippen molar-refractivity contribution in [3.63, 3.8) is 0 Å². The van der Waals surface area contributed by atoms with Crippen molar-refractivity contribution in [2.75, 3.05) is 0 Å². The van der Waals surface area contributed by atoms with Crippen LogP contribution in [0.3, 0.4) is 0 Å². The minimum absolute atomic E-state index is 0.123. The van der Waals surface area contributed by atoms with Crippen molar-refractivity contribution >= 4 is 46.7 Å². The molecule has 1 aromatic heterocycles.